The van der Waals surface area contributed by atoms with Crippen LogP contribution in [0.4, 0.5) is 11.4 Å². The van der Waals surface area contributed by atoms with Crippen molar-refractivity contribution in [1.29, 1.82) is 0 Å². The summed E-state index contributed by atoms with van der Waals surface area (Å²) in [4.78, 5) is 26.1. The SMILES string of the molecule is CC(C)CCCC(C)CCN1C(=O)c2cc(N)c(N)cc2C1=O. The summed E-state index contributed by atoms with van der Waals surface area (Å²) < 4.78 is 0. The number of hydrogen-bond donors (Lipinski definition) is 2. The molecule has 5 nitrogen and oxygen atoms in total. The summed E-state index contributed by atoms with van der Waals surface area (Å²) >= 11 is 0. The Kier molecular flexibility index (Phi) is 5.29. The highest BCUT2D eigenvalue weighted by Crippen LogP contribution is 2.29. The van der Waals surface area contributed by atoms with Crippen LogP contribution in [-0.2, 0) is 0 Å². The number of hydrogen-bond acceptors (Lipinski definition) is 4. The maximum absolute atomic E-state index is 12.4. The molecule has 1 atom stereocenters. The van der Waals surface area contributed by atoms with Gasteiger partial charge in [-0.1, -0.05) is 40.0 Å². The third-order valence-electron chi connectivity index (χ3n) is 4.50. The Labute approximate surface area is 138 Å². The van der Waals surface area contributed by atoms with E-state index in [0.717, 1.165) is 12.8 Å². The number of carbonyl (C=O) groups excluding carboxylic acids is 2. The molecule has 5 heteroatoms. The molecule has 1 aromatic carbocycles. The van der Waals surface area contributed by atoms with Gasteiger partial charge in [0.2, 0.25) is 0 Å². The first-order valence-corrected chi connectivity index (χ1v) is 8.36. The van der Waals surface area contributed by atoms with Crippen LogP contribution in [0.2, 0.25) is 0 Å². The fourth-order valence-corrected chi connectivity index (χ4v) is 2.94. The zero-order valence-electron chi connectivity index (χ0n) is 14.3. The fourth-order valence-electron chi connectivity index (χ4n) is 2.94. The zero-order valence-corrected chi connectivity index (χ0v) is 14.3. The van der Waals surface area contributed by atoms with E-state index >= 15 is 0 Å². The second-order valence-corrected chi connectivity index (χ2v) is 7.01. The van der Waals surface area contributed by atoms with Gasteiger partial charge in [-0.3, -0.25) is 14.5 Å². The second-order valence-electron chi connectivity index (χ2n) is 7.01. The average Bonchev–Trinajstić information content (AvgIpc) is 2.69. The molecule has 1 aromatic rings. The molecule has 0 aromatic heterocycles. The number of nitrogens with zero attached hydrogens (tertiary/aromatic N) is 1. The van der Waals surface area contributed by atoms with Gasteiger partial charge in [-0.25, -0.2) is 0 Å². The number of fused-ring (bicyclic) bond motifs is 1. The van der Waals surface area contributed by atoms with Crippen LogP contribution in [0.3, 0.4) is 0 Å². The quantitative estimate of drug-likeness (QED) is 0.596. The third-order valence-corrected chi connectivity index (χ3v) is 4.50. The lowest BCUT2D eigenvalue weighted by Gasteiger charge is -2.17. The summed E-state index contributed by atoms with van der Waals surface area (Å²) in [5.74, 6) is 0.694. The average molecular weight is 317 g/mol. The number of carbonyl (C=O) groups is 2. The summed E-state index contributed by atoms with van der Waals surface area (Å²) in [6.45, 7) is 7.07. The molecule has 0 bridgehead atoms. The summed E-state index contributed by atoms with van der Waals surface area (Å²) in [5.41, 5.74) is 12.9. The topological polar surface area (TPSA) is 89.4 Å². The molecule has 1 aliphatic heterocycles. The molecule has 0 aliphatic carbocycles. The lowest BCUT2D eigenvalue weighted by molar-refractivity contribution is 0.0646. The molecule has 1 heterocycles. The van der Waals surface area contributed by atoms with Crippen LogP contribution >= 0.6 is 0 Å². The van der Waals surface area contributed by atoms with Gasteiger partial charge in [-0.05, 0) is 30.4 Å². The summed E-state index contributed by atoms with van der Waals surface area (Å²) in [7, 11) is 0. The van der Waals surface area contributed by atoms with Crippen molar-refractivity contribution in [2.24, 2.45) is 11.8 Å². The van der Waals surface area contributed by atoms with Gasteiger partial charge >= 0.3 is 0 Å². The van der Waals surface area contributed by atoms with E-state index in [2.05, 4.69) is 20.8 Å². The molecule has 126 valence electrons. The molecule has 23 heavy (non-hydrogen) atoms. The van der Waals surface area contributed by atoms with Gasteiger partial charge in [-0.15, -0.1) is 0 Å². The number of nitrogen functional groups attached to an aromatic ring is 2. The van der Waals surface area contributed by atoms with E-state index in [9.17, 15) is 9.59 Å². The maximum atomic E-state index is 12.4. The Balaban J connectivity index is 1.95. The molecule has 2 amide bonds. The molecule has 0 spiro atoms. The van der Waals surface area contributed by atoms with Gasteiger partial charge in [0.15, 0.2) is 0 Å². The number of amides is 2. The van der Waals surface area contributed by atoms with Crippen LogP contribution in [0.15, 0.2) is 12.1 Å². The van der Waals surface area contributed by atoms with Crippen molar-refractivity contribution in [3.8, 4) is 0 Å². The number of rotatable bonds is 7. The molecule has 1 unspecified atom stereocenters. The normalized spacial score (nSPS) is 15.4. The zero-order chi connectivity index (χ0) is 17.1. The predicted molar refractivity (Wildman–Crippen MR) is 93.1 cm³/mol. The van der Waals surface area contributed by atoms with Crippen LogP contribution in [0.5, 0.6) is 0 Å². The first-order valence-electron chi connectivity index (χ1n) is 8.36. The number of anilines is 2. The minimum atomic E-state index is -0.258. The van der Waals surface area contributed by atoms with E-state index in [-0.39, 0.29) is 11.8 Å². The Morgan fingerprint density at radius 1 is 0.913 bits per heavy atom. The predicted octanol–water partition coefficient (Wildman–Crippen LogP) is 3.30. The molecule has 4 N–H and O–H groups in total. The first kappa shape index (κ1) is 17.3. The van der Waals surface area contributed by atoms with Crippen molar-refractivity contribution in [3.05, 3.63) is 23.3 Å². The Morgan fingerprint density at radius 2 is 1.43 bits per heavy atom. The van der Waals surface area contributed by atoms with Crippen molar-refractivity contribution in [3.63, 3.8) is 0 Å². The van der Waals surface area contributed by atoms with E-state index in [4.69, 9.17) is 11.5 Å². The summed E-state index contributed by atoms with van der Waals surface area (Å²) in [6, 6.07) is 3.02. The molecule has 0 saturated carbocycles. The third kappa shape index (κ3) is 3.84. The van der Waals surface area contributed by atoms with Crippen LogP contribution < -0.4 is 11.5 Å². The van der Waals surface area contributed by atoms with Gasteiger partial charge in [0.05, 0.1) is 22.5 Å². The Bertz CT molecular complexity index is 570. The van der Waals surface area contributed by atoms with E-state index in [0.29, 0.717) is 40.9 Å². The molecule has 0 radical (unpaired) electrons. The lowest BCUT2D eigenvalue weighted by Crippen LogP contribution is -2.31. The van der Waals surface area contributed by atoms with Crippen LogP contribution in [0.25, 0.3) is 0 Å². The van der Waals surface area contributed by atoms with E-state index < -0.39 is 0 Å². The fraction of sp³-hybridized carbons (Fsp3) is 0.556. The van der Waals surface area contributed by atoms with Crippen LogP contribution in [-0.4, -0.2) is 23.3 Å². The molecule has 0 fully saturated rings. The lowest BCUT2D eigenvalue weighted by atomic mass is 9.97. The van der Waals surface area contributed by atoms with E-state index in [1.54, 1.807) is 0 Å². The summed E-state index contributed by atoms with van der Waals surface area (Å²) in [5, 5.41) is 0. The molecular weight excluding hydrogens is 290 g/mol. The van der Waals surface area contributed by atoms with Crippen molar-refractivity contribution < 1.29 is 9.59 Å². The number of nitrogens with two attached hydrogens (primary N) is 2. The molecular formula is C18H27N3O2. The molecule has 1 aliphatic rings. The molecule has 0 saturated heterocycles. The maximum Gasteiger partial charge on any atom is 0.261 e. The summed E-state index contributed by atoms with van der Waals surface area (Å²) in [6.07, 6.45) is 4.36. The number of imide groups is 1. The molecule has 2 rings (SSSR count). The minimum absolute atomic E-state index is 0.258. The smallest absolute Gasteiger partial charge is 0.261 e. The number of benzene rings is 1. The van der Waals surface area contributed by atoms with Gasteiger partial charge in [0.1, 0.15) is 0 Å². The van der Waals surface area contributed by atoms with Gasteiger partial charge in [0.25, 0.3) is 11.8 Å². The van der Waals surface area contributed by atoms with Gasteiger partial charge < -0.3 is 11.5 Å². The monoisotopic (exact) mass is 317 g/mol. The minimum Gasteiger partial charge on any atom is -0.397 e. The Hall–Kier alpha value is -2.04. The highest BCUT2D eigenvalue weighted by Gasteiger charge is 2.35. The Morgan fingerprint density at radius 3 is 1.91 bits per heavy atom. The van der Waals surface area contributed by atoms with Crippen LogP contribution in [0.1, 0.15) is 67.2 Å². The largest absolute Gasteiger partial charge is 0.397 e. The van der Waals surface area contributed by atoms with Crippen molar-refractivity contribution in [2.75, 3.05) is 18.0 Å². The van der Waals surface area contributed by atoms with Crippen molar-refractivity contribution in [2.45, 2.75) is 46.5 Å². The van der Waals surface area contributed by atoms with E-state index in [1.807, 2.05) is 0 Å². The van der Waals surface area contributed by atoms with Crippen LogP contribution in [0, 0.1) is 11.8 Å². The highest BCUT2D eigenvalue weighted by molar-refractivity contribution is 6.22. The van der Waals surface area contributed by atoms with Crippen molar-refractivity contribution >= 4 is 23.2 Å². The first-order chi connectivity index (χ1) is 10.8. The van der Waals surface area contributed by atoms with Crippen molar-refractivity contribution in [1.82, 2.24) is 4.90 Å². The second kappa shape index (κ2) is 7.02. The highest BCUT2D eigenvalue weighted by atomic mass is 16.2. The van der Waals surface area contributed by atoms with Gasteiger partial charge in [0, 0.05) is 6.54 Å². The van der Waals surface area contributed by atoms with Gasteiger partial charge in [-0.2, -0.15) is 0 Å². The van der Waals surface area contributed by atoms with E-state index in [1.165, 1.54) is 29.9 Å². The standard InChI is InChI=1S/C18H27N3O2/c1-11(2)5-4-6-12(3)7-8-21-17(22)13-9-15(19)16(20)10-14(13)18(21)23/h9-12H,4-8,19-20H2,1-3H3.